The maximum absolute atomic E-state index is 11.9. The Balaban J connectivity index is 2.90. The normalized spacial score (nSPS) is 14.0. The van der Waals surface area contributed by atoms with Crippen LogP contribution in [0.2, 0.25) is 0 Å². The predicted octanol–water partition coefficient (Wildman–Crippen LogP) is 1.82. The van der Waals surface area contributed by atoms with Crippen molar-refractivity contribution in [1.82, 2.24) is 0 Å². The van der Waals surface area contributed by atoms with Gasteiger partial charge in [-0.15, -0.1) is 0 Å². The Morgan fingerprint density at radius 3 is 2.36 bits per heavy atom. The molecule has 6 heteroatoms. The molecule has 0 saturated heterocycles. The van der Waals surface area contributed by atoms with Crippen molar-refractivity contribution in [3.63, 3.8) is 0 Å². The molecule has 0 amide bonds. The van der Waals surface area contributed by atoms with Gasteiger partial charge in [0.1, 0.15) is 5.60 Å². The van der Waals surface area contributed by atoms with Gasteiger partial charge in [-0.3, -0.25) is 4.79 Å². The van der Waals surface area contributed by atoms with Crippen LogP contribution >= 0.6 is 0 Å². The van der Waals surface area contributed by atoms with E-state index in [0.717, 1.165) is 0 Å². The number of nitrogens with one attached hydrogen (secondary N) is 1. The highest BCUT2D eigenvalue weighted by Crippen LogP contribution is 2.19. The number of para-hydroxylation sites is 1. The van der Waals surface area contributed by atoms with Crippen molar-refractivity contribution in [3.8, 4) is 0 Å². The van der Waals surface area contributed by atoms with E-state index >= 15 is 0 Å². The number of aliphatic hydroxyl groups excluding tert-OH is 1. The summed E-state index contributed by atoms with van der Waals surface area (Å²) in [6, 6.07) is 5.70. The van der Waals surface area contributed by atoms with Gasteiger partial charge in [0, 0.05) is 5.69 Å². The first-order chi connectivity index (χ1) is 10.1. The Labute approximate surface area is 130 Å². The summed E-state index contributed by atoms with van der Waals surface area (Å²) in [5.41, 5.74) is 0.521. The number of hydrogen-bond acceptors (Lipinski definition) is 5. The van der Waals surface area contributed by atoms with Crippen LogP contribution in [0, 0.1) is 0 Å². The average molecular weight is 309 g/mol. The fourth-order valence-electron chi connectivity index (χ4n) is 1.90. The van der Waals surface area contributed by atoms with Crippen molar-refractivity contribution in [1.29, 1.82) is 0 Å². The third-order valence-electron chi connectivity index (χ3n) is 2.83. The van der Waals surface area contributed by atoms with Crippen LogP contribution in [0.25, 0.3) is 0 Å². The van der Waals surface area contributed by atoms with Gasteiger partial charge in [0.15, 0.2) is 6.04 Å². The van der Waals surface area contributed by atoms with Crippen molar-refractivity contribution >= 4 is 17.6 Å². The van der Waals surface area contributed by atoms with Gasteiger partial charge in [0.2, 0.25) is 0 Å². The van der Waals surface area contributed by atoms with Crippen molar-refractivity contribution in [2.24, 2.45) is 0 Å². The number of carbonyl (C=O) groups excluding carboxylic acids is 1. The van der Waals surface area contributed by atoms with E-state index < -0.39 is 29.7 Å². The molecule has 0 saturated carbocycles. The number of benzene rings is 1. The molecule has 22 heavy (non-hydrogen) atoms. The monoisotopic (exact) mass is 309 g/mol. The van der Waals surface area contributed by atoms with Crippen LogP contribution in [0.5, 0.6) is 0 Å². The van der Waals surface area contributed by atoms with Gasteiger partial charge >= 0.3 is 11.9 Å². The Hall–Kier alpha value is -2.08. The molecule has 0 aliphatic rings. The van der Waals surface area contributed by atoms with Crippen LogP contribution < -0.4 is 5.32 Å². The largest absolute Gasteiger partial charge is 0.480 e. The minimum Gasteiger partial charge on any atom is -0.480 e. The molecule has 1 aromatic carbocycles. The lowest BCUT2D eigenvalue weighted by molar-refractivity contribution is -0.153. The lowest BCUT2D eigenvalue weighted by Crippen LogP contribution is -2.39. The van der Waals surface area contributed by atoms with Gasteiger partial charge in [0.05, 0.1) is 12.5 Å². The molecule has 0 bridgehead atoms. The number of carboxylic acids is 1. The quantitative estimate of drug-likeness (QED) is 0.694. The summed E-state index contributed by atoms with van der Waals surface area (Å²) < 4.78 is 5.26. The highest BCUT2D eigenvalue weighted by Gasteiger charge is 2.24. The van der Waals surface area contributed by atoms with E-state index in [4.69, 9.17) is 9.84 Å². The summed E-state index contributed by atoms with van der Waals surface area (Å²) in [5, 5.41) is 21.4. The second-order valence-corrected chi connectivity index (χ2v) is 6.12. The molecule has 1 aromatic rings. The maximum atomic E-state index is 11.9. The number of hydrogen-bond donors (Lipinski definition) is 3. The molecule has 0 unspecified atom stereocenters. The summed E-state index contributed by atoms with van der Waals surface area (Å²) >= 11 is 0. The molecule has 6 nitrogen and oxygen atoms in total. The van der Waals surface area contributed by atoms with Gasteiger partial charge in [-0.05, 0) is 39.3 Å². The van der Waals surface area contributed by atoms with Crippen LogP contribution in [0.15, 0.2) is 24.3 Å². The molecule has 0 radical (unpaired) electrons. The highest BCUT2D eigenvalue weighted by atomic mass is 16.6. The molecule has 3 N–H and O–H groups in total. The second-order valence-electron chi connectivity index (χ2n) is 6.12. The molecule has 0 aliphatic carbocycles. The van der Waals surface area contributed by atoms with Gasteiger partial charge in [-0.1, -0.05) is 18.2 Å². The molecule has 0 heterocycles. The SMILES string of the molecule is C[C@@H](O)[C@@H](Nc1ccccc1CC(=O)OC(C)(C)C)C(=O)O. The number of esters is 1. The third-order valence-corrected chi connectivity index (χ3v) is 2.83. The zero-order valence-electron chi connectivity index (χ0n) is 13.3. The topological polar surface area (TPSA) is 95.9 Å². The highest BCUT2D eigenvalue weighted by molar-refractivity contribution is 5.80. The van der Waals surface area contributed by atoms with E-state index in [1.54, 1.807) is 45.0 Å². The lowest BCUT2D eigenvalue weighted by Gasteiger charge is -2.22. The van der Waals surface area contributed by atoms with E-state index in [0.29, 0.717) is 11.3 Å². The zero-order valence-corrected chi connectivity index (χ0v) is 13.3. The van der Waals surface area contributed by atoms with E-state index in [-0.39, 0.29) is 6.42 Å². The molecule has 1 rings (SSSR count). The van der Waals surface area contributed by atoms with Crippen molar-refractivity contribution in [3.05, 3.63) is 29.8 Å². The van der Waals surface area contributed by atoms with Gasteiger partial charge in [-0.2, -0.15) is 0 Å². The molecule has 122 valence electrons. The smallest absolute Gasteiger partial charge is 0.328 e. The van der Waals surface area contributed by atoms with Crippen LogP contribution in [-0.4, -0.2) is 39.9 Å². The first kappa shape index (κ1) is 18.0. The molecule has 2 atom stereocenters. The number of ether oxygens (including phenoxy) is 1. The first-order valence-electron chi connectivity index (χ1n) is 7.07. The summed E-state index contributed by atoms with van der Waals surface area (Å²) in [5.74, 6) is -1.56. The summed E-state index contributed by atoms with van der Waals surface area (Å²) in [7, 11) is 0. The van der Waals surface area contributed by atoms with Gasteiger partial charge in [-0.25, -0.2) is 4.79 Å². The maximum Gasteiger partial charge on any atom is 0.328 e. The summed E-state index contributed by atoms with van der Waals surface area (Å²) in [6.45, 7) is 6.73. The van der Waals surface area contributed by atoms with E-state index in [2.05, 4.69) is 5.32 Å². The lowest BCUT2D eigenvalue weighted by atomic mass is 10.1. The number of aliphatic hydroxyl groups is 1. The van der Waals surface area contributed by atoms with Crippen molar-refractivity contribution in [2.45, 2.75) is 51.9 Å². The molecule has 0 fully saturated rings. The van der Waals surface area contributed by atoms with Crippen molar-refractivity contribution in [2.75, 3.05) is 5.32 Å². The van der Waals surface area contributed by atoms with E-state index in [1.165, 1.54) is 6.92 Å². The molecule has 0 aromatic heterocycles. The molecule has 0 aliphatic heterocycles. The zero-order chi connectivity index (χ0) is 16.9. The third kappa shape index (κ3) is 5.73. The predicted molar refractivity (Wildman–Crippen MR) is 82.7 cm³/mol. The standard InChI is InChI=1S/C16H23NO5/c1-10(18)14(15(20)21)17-12-8-6-5-7-11(12)9-13(19)22-16(2,3)4/h5-8,10,14,17-18H,9H2,1-4H3,(H,20,21)/t10-,14-/m1/s1. The minimum absolute atomic E-state index is 0.0204. The summed E-state index contributed by atoms with van der Waals surface area (Å²) in [4.78, 5) is 23.1. The Bertz CT molecular complexity index is 534. The Morgan fingerprint density at radius 2 is 1.86 bits per heavy atom. The van der Waals surface area contributed by atoms with Crippen molar-refractivity contribution < 1.29 is 24.5 Å². The average Bonchev–Trinajstić information content (AvgIpc) is 2.34. The number of rotatable bonds is 6. The van der Waals surface area contributed by atoms with Crippen LogP contribution in [0.3, 0.4) is 0 Å². The minimum atomic E-state index is -1.16. The second kappa shape index (κ2) is 7.26. The van der Waals surface area contributed by atoms with Crippen LogP contribution in [-0.2, 0) is 20.7 Å². The summed E-state index contributed by atoms with van der Waals surface area (Å²) in [6.07, 6.45) is -1.06. The van der Waals surface area contributed by atoms with Gasteiger partial charge in [0.25, 0.3) is 0 Å². The molecular weight excluding hydrogens is 286 g/mol. The number of aliphatic carboxylic acids is 1. The molecule has 0 spiro atoms. The Kier molecular flexibility index (Phi) is 5.93. The van der Waals surface area contributed by atoms with Crippen LogP contribution in [0.1, 0.15) is 33.3 Å². The fourth-order valence-corrected chi connectivity index (χ4v) is 1.90. The van der Waals surface area contributed by atoms with Gasteiger partial charge < -0.3 is 20.3 Å². The number of carbonyl (C=O) groups is 2. The van der Waals surface area contributed by atoms with Crippen LogP contribution in [0.4, 0.5) is 5.69 Å². The first-order valence-corrected chi connectivity index (χ1v) is 7.07. The number of carboxylic acid groups (broad SMARTS) is 1. The fraction of sp³-hybridized carbons (Fsp3) is 0.500. The number of anilines is 1. The molecular formula is C16H23NO5. The van der Waals surface area contributed by atoms with E-state index in [1.807, 2.05) is 0 Å². The Morgan fingerprint density at radius 1 is 1.27 bits per heavy atom. The van der Waals surface area contributed by atoms with E-state index in [9.17, 15) is 14.7 Å².